The third-order valence-corrected chi connectivity index (χ3v) is 3.73. The molecule has 1 aromatic carbocycles. The summed E-state index contributed by atoms with van der Waals surface area (Å²) in [5, 5.41) is 14.3. The number of hydrogen-bond acceptors (Lipinski definition) is 4. The molecule has 5 nitrogen and oxygen atoms in total. The van der Waals surface area contributed by atoms with E-state index in [9.17, 15) is 4.79 Å². The van der Waals surface area contributed by atoms with Crippen LogP contribution in [0.2, 0.25) is 0 Å². The largest absolute Gasteiger partial charge is 0.322 e. The highest BCUT2D eigenvalue weighted by atomic mass is 16.1. The summed E-state index contributed by atoms with van der Waals surface area (Å²) in [6.45, 7) is 5.42. The zero-order valence-corrected chi connectivity index (χ0v) is 12.2. The number of aryl methyl sites for hydroxylation is 2. The first kappa shape index (κ1) is 13.7. The van der Waals surface area contributed by atoms with E-state index in [1.54, 1.807) is 13.0 Å². The van der Waals surface area contributed by atoms with Crippen LogP contribution in [0.15, 0.2) is 24.3 Å². The Morgan fingerprint density at radius 2 is 2.14 bits per heavy atom. The lowest BCUT2D eigenvalue weighted by atomic mass is 9.99. The van der Waals surface area contributed by atoms with Gasteiger partial charge in [-0.15, -0.1) is 0 Å². The fourth-order valence-electron chi connectivity index (χ4n) is 2.62. The van der Waals surface area contributed by atoms with Crippen LogP contribution < -0.4 is 10.6 Å². The van der Waals surface area contributed by atoms with Crippen molar-refractivity contribution in [2.75, 3.05) is 11.9 Å². The van der Waals surface area contributed by atoms with Gasteiger partial charge in [0.05, 0.1) is 17.0 Å². The molecule has 0 bridgehead atoms. The number of fused-ring (bicyclic) bond motifs is 1. The maximum atomic E-state index is 12.5. The Balaban J connectivity index is 1.90. The van der Waals surface area contributed by atoms with Crippen LogP contribution in [0.4, 0.5) is 5.69 Å². The Kier molecular flexibility index (Phi) is 3.66. The second-order valence-corrected chi connectivity index (χ2v) is 5.31. The highest BCUT2D eigenvalue weighted by molar-refractivity contribution is 6.05. The van der Waals surface area contributed by atoms with Crippen LogP contribution >= 0.6 is 0 Å². The number of nitrogens with one attached hydrogen (secondary N) is 2. The van der Waals surface area contributed by atoms with E-state index in [4.69, 9.17) is 0 Å². The standard InChI is InChI=1S/C16H18N4O/c1-10-8-14(11(2)20-19-10)16(21)18-15-5-3-4-12-9-17-7-6-13(12)15/h3-5,8,17H,6-7,9H2,1-2H3,(H,18,21). The maximum Gasteiger partial charge on any atom is 0.257 e. The number of nitrogens with zero attached hydrogens (tertiary/aromatic N) is 2. The highest BCUT2D eigenvalue weighted by Gasteiger charge is 2.16. The van der Waals surface area contributed by atoms with Gasteiger partial charge in [-0.1, -0.05) is 12.1 Å². The van der Waals surface area contributed by atoms with Gasteiger partial charge in [0.2, 0.25) is 0 Å². The van der Waals surface area contributed by atoms with E-state index in [0.29, 0.717) is 11.3 Å². The molecule has 1 aliphatic rings. The molecule has 0 saturated carbocycles. The van der Waals surface area contributed by atoms with Crippen molar-refractivity contribution in [2.24, 2.45) is 0 Å². The van der Waals surface area contributed by atoms with Crippen molar-refractivity contribution in [3.63, 3.8) is 0 Å². The van der Waals surface area contributed by atoms with Gasteiger partial charge < -0.3 is 10.6 Å². The van der Waals surface area contributed by atoms with Gasteiger partial charge in [-0.3, -0.25) is 4.79 Å². The number of aromatic nitrogens is 2. The van der Waals surface area contributed by atoms with Crippen molar-refractivity contribution in [1.82, 2.24) is 15.5 Å². The van der Waals surface area contributed by atoms with Gasteiger partial charge in [0.15, 0.2) is 0 Å². The fourth-order valence-corrected chi connectivity index (χ4v) is 2.62. The number of hydrogen-bond donors (Lipinski definition) is 2. The number of rotatable bonds is 2. The zero-order chi connectivity index (χ0) is 14.8. The lowest BCUT2D eigenvalue weighted by molar-refractivity contribution is 0.102. The van der Waals surface area contributed by atoms with Crippen molar-refractivity contribution in [2.45, 2.75) is 26.8 Å². The molecule has 1 amide bonds. The predicted molar refractivity (Wildman–Crippen MR) is 81.3 cm³/mol. The molecule has 0 saturated heterocycles. The van der Waals surface area contributed by atoms with Crippen LogP contribution in [0.5, 0.6) is 0 Å². The first-order valence-electron chi connectivity index (χ1n) is 7.09. The summed E-state index contributed by atoms with van der Waals surface area (Å²) in [7, 11) is 0. The summed E-state index contributed by atoms with van der Waals surface area (Å²) in [6, 6.07) is 7.80. The molecular formula is C16H18N4O. The van der Waals surface area contributed by atoms with E-state index < -0.39 is 0 Å². The van der Waals surface area contributed by atoms with Gasteiger partial charge >= 0.3 is 0 Å². The monoisotopic (exact) mass is 282 g/mol. The second kappa shape index (κ2) is 5.61. The molecule has 0 aliphatic carbocycles. The van der Waals surface area contributed by atoms with Crippen molar-refractivity contribution < 1.29 is 4.79 Å². The fraction of sp³-hybridized carbons (Fsp3) is 0.312. The lowest BCUT2D eigenvalue weighted by Gasteiger charge is -2.20. The second-order valence-electron chi connectivity index (χ2n) is 5.31. The normalized spacial score (nSPS) is 13.6. The van der Waals surface area contributed by atoms with Gasteiger partial charge in [-0.2, -0.15) is 10.2 Å². The van der Waals surface area contributed by atoms with Crippen molar-refractivity contribution in [1.29, 1.82) is 0 Å². The van der Waals surface area contributed by atoms with Crippen LogP contribution in [0, 0.1) is 13.8 Å². The van der Waals surface area contributed by atoms with Crippen LogP contribution in [0.1, 0.15) is 32.9 Å². The van der Waals surface area contributed by atoms with Gasteiger partial charge in [0.1, 0.15) is 0 Å². The average molecular weight is 282 g/mol. The molecule has 0 fully saturated rings. The molecule has 3 rings (SSSR count). The molecule has 1 aliphatic heterocycles. The number of carbonyl (C=O) groups excluding carboxylic acids is 1. The lowest BCUT2D eigenvalue weighted by Crippen LogP contribution is -2.25. The first-order chi connectivity index (χ1) is 10.1. The molecule has 2 aromatic rings. The summed E-state index contributed by atoms with van der Waals surface area (Å²) >= 11 is 0. The number of carbonyl (C=O) groups is 1. The van der Waals surface area contributed by atoms with E-state index in [0.717, 1.165) is 30.9 Å². The number of anilines is 1. The van der Waals surface area contributed by atoms with E-state index >= 15 is 0 Å². The van der Waals surface area contributed by atoms with E-state index in [-0.39, 0.29) is 5.91 Å². The quantitative estimate of drug-likeness (QED) is 0.884. The maximum absolute atomic E-state index is 12.5. The van der Waals surface area contributed by atoms with Gasteiger partial charge in [0, 0.05) is 12.2 Å². The Morgan fingerprint density at radius 1 is 1.29 bits per heavy atom. The van der Waals surface area contributed by atoms with Gasteiger partial charge in [-0.25, -0.2) is 0 Å². The molecule has 1 aromatic heterocycles. The third kappa shape index (κ3) is 2.78. The van der Waals surface area contributed by atoms with Crippen molar-refractivity contribution >= 4 is 11.6 Å². The van der Waals surface area contributed by atoms with Crippen LogP contribution in [-0.4, -0.2) is 22.6 Å². The molecule has 108 valence electrons. The minimum atomic E-state index is -0.127. The van der Waals surface area contributed by atoms with Gasteiger partial charge in [-0.05, 0) is 50.1 Å². The molecule has 2 N–H and O–H groups in total. The molecule has 0 unspecified atom stereocenters. The summed E-state index contributed by atoms with van der Waals surface area (Å²) in [5.41, 5.74) is 5.33. The zero-order valence-electron chi connectivity index (χ0n) is 12.2. The molecule has 5 heteroatoms. The van der Waals surface area contributed by atoms with E-state index in [1.165, 1.54) is 11.1 Å². The Bertz CT molecular complexity index is 697. The number of amides is 1. The van der Waals surface area contributed by atoms with E-state index in [2.05, 4.69) is 26.9 Å². The summed E-state index contributed by atoms with van der Waals surface area (Å²) < 4.78 is 0. The molecule has 2 heterocycles. The summed E-state index contributed by atoms with van der Waals surface area (Å²) in [5.74, 6) is -0.127. The third-order valence-electron chi connectivity index (χ3n) is 3.73. The Morgan fingerprint density at radius 3 is 3.00 bits per heavy atom. The van der Waals surface area contributed by atoms with E-state index in [1.807, 2.05) is 19.1 Å². The predicted octanol–water partition coefficient (Wildman–Crippen LogP) is 1.99. The van der Waals surface area contributed by atoms with Crippen molar-refractivity contribution in [3.8, 4) is 0 Å². The van der Waals surface area contributed by atoms with Crippen LogP contribution in [-0.2, 0) is 13.0 Å². The summed E-state index contributed by atoms with van der Waals surface area (Å²) in [4.78, 5) is 12.5. The topological polar surface area (TPSA) is 66.9 Å². The Hall–Kier alpha value is -2.27. The summed E-state index contributed by atoms with van der Waals surface area (Å²) in [6.07, 6.45) is 0.929. The first-order valence-corrected chi connectivity index (χ1v) is 7.09. The molecule has 0 atom stereocenters. The molecule has 21 heavy (non-hydrogen) atoms. The molecule has 0 radical (unpaired) electrons. The van der Waals surface area contributed by atoms with Crippen LogP contribution in [0.3, 0.4) is 0 Å². The minimum absolute atomic E-state index is 0.127. The van der Waals surface area contributed by atoms with Crippen molar-refractivity contribution in [3.05, 3.63) is 52.3 Å². The molecule has 0 spiro atoms. The SMILES string of the molecule is Cc1cc(C(=O)Nc2cccc3c2CCNC3)c(C)nn1. The minimum Gasteiger partial charge on any atom is -0.322 e. The molecular weight excluding hydrogens is 264 g/mol. The average Bonchev–Trinajstić information content (AvgIpc) is 2.50. The van der Waals surface area contributed by atoms with Crippen LogP contribution in [0.25, 0.3) is 0 Å². The smallest absolute Gasteiger partial charge is 0.257 e. The van der Waals surface area contributed by atoms with Gasteiger partial charge in [0.25, 0.3) is 5.91 Å². The Labute approximate surface area is 123 Å². The highest BCUT2D eigenvalue weighted by Crippen LogP contribution is 2.23. The number of benzene rings is 1.